The Morgan fingerprint density at radius 1 is 1.14 bits per heavy atom. The van der Waals surface area contributed by atoms with E-state index >= 15 is 0 Å². The summed E-state index contributed by atoms with van der Waals surface area (Å²) in [5, 5.41) is 13.3. The molecule has 0 aliphatic rings. The van der Waals surface area contributed by atoms with Crippen LogP contribution in [0.5, 0.6) is 0 Å². The molecule has 0 saturated heterocycles. The number of carboxylic acid groups (broad SMARTS) is 1. The van der Waals surface area contributed by atoms with Gasteiger partial charge in [-0.05, 0) is 18.2 Å². The zero-order valence-electron chi connectivity index (χ0n) is 11.0. The lowest BCUT2D eigenvalue weighted by Crippen LogP contribution is -2.04. The number of para-hydroxylation sites is 1. The maximum atomic E-state index is 11.1. The maximum absolute atomic E-state index is 11.1. The number of pyridine rings is 1. The quantitative estimate of drug-likeness (QED) is 0.767. The van der Waals surface area contributed by atoms with E-state index in [9.17, 15) is 4.79 Å². The van der Waals surface area contributed by atoms with E-state index in [1.165, 1.54) is 12.3 Å². The number of nitrogens with two attached hydrogens (primary N) is 1. The number of nitrogen functional groups attached to an aromatic ring is 1. The molecule has 0 fully saturated rings. The number of carbonyl (C=O) groups is 1. The van der Waals surface area contributed by atoms with E-state index in [1.54, 1.807) is 10.9 Å². The van der Waals surface area contributed by atoms with Crippen molar-refractivity contribution in [1.82, 2.24) is 14.8 Å². The molecular weight excluding hydrogens is 268 g/mol. The minimum absolute atomic E-state index is 0.00158. The van der Waals surface area contributed by atoms with E-state index in [2.05, 4.69) is 10.1 Å². The fourth-order valence-corrected chi connectivity index (χ4v) is 2.00. The van der Waals surface area contributed by atoms with Gasteiger partial charge < -0.3 is 10.8 Å². The third kappa shape index (κ3) is 2.46. The van der Waals surface area contributed by atoms with Crippen LogP contribution < -0.4 is 5.73 Å². The molecule has 3 aromatic rings. The highest BCUT2D eigenvalue weighted by Crippen LogP contribution is 2.22. The molecule has 0 amide bonds. The molecule has 2 aromatic heterocycles. The molecule has 1 aromatic carbocycles. The second kappa shape index (κ2) is 5.09. The molecule has 3 N–H and O–H groups in total. The average Bonchev–Trinajstić information content (AvgIpc) is 2.98. The van der Waals surface area contributed by atoms with Crippen molar-refractivity contribution in [3.8, 4) is 16.8 Å². The predicted octanol–water partition coefficient (Wildman–Crippen LogP) is 2.21. The zero-order chi connectivity index (χ0) is 14.8. The number of rotatable bonds is 3. The summed E-state index contributed by atoms with van der Waals surface area (Å²) in [5.41, 5.74) is 7.89. The zero-order valence-corrected chi connectivity index (χ0v) is 11.0. The minimum Gasteiger partial charge on any atom is -0.478 e. The molecule has 0 aliphatic carbocycles. The molecule has 0 radical (unpaired) electrons. The molecule has 2 heterocycles. The predicted molar refractivity (Wildman–Crippen MR) is 78.2 cm³/mol. The van der Waals surface area contributed by atoms with Gasteiger partial charge in [-0.3, -0.25) is 0 Å². The number of aromatic nitrogens is 3. The first-order valence-corrected chi connectivity index (χ1v) is 6.24. The topological polar surface area (TPSA) is 94.0 Å². The van der Waals surface area contributed by atoms with E-state index in [0.717, 1.165) is 11.3 Å². The van der Waals surface area contributed by atoms with Gasteiger partial charge in [0, 0.05) is 23.5 Å². The molecule has 6 nitrogen and oxygen atoms in total. The Kier molecular flexibility index (Phi) is 3.12. The van der Waals surface area contributed by atoms with Crippen LogP contribution in [-0.4, -0.2) is 25.8 Å². The molecule has 0 spiro atoms. The Balaban J connectivity index is 2.01. The van der Waals surface area contributed by atoms with Crippen molar-refractivity contribution >= 4 is 11.8 Å². The van der Waals surface area contributed by atoms with Crippen LogP contribution in [0.2, 0.25) is 0 Å². The minimum atomic E-state index is -1.10. The lowest BCUT2D eigenvalue weighted by atomic mass is 10.1. The van der Waals surface area contributed by atoms with Gasteiger partial charge in [-0.15, -0.1) is 0 Å². The van der Waals surface area contributed by atoms with E-state index < -0.39 is 5.97 Å². The molecule has 6 heteroatoms. The second-order valence-corrected chi connectivity index (χ2v) is 4.47. The smallest absolute Gasteiger partial charge is 0.339 e. The van der Waals surface area contributed by atoms with Crippen molar-refractivity contribution in [3.05, 3.63) is 60.6 Å². The summed E-state index contributed by atoms with van der Waals surface area (Å²) in [6.45, 7) is 0. The Morgan fingerprint density at radius 2 is 1.90 bits per heavy atom. The molecule has 104 valence electrons. The van der Waals surface area contributed by atoms with Crippen molar-refractivity contribution in [3.63, 3.8) is 0 Å². The highest BCUT2D eigenvalue weighted by Gasteiger charge is 2.12. The van der Waals surface area contributed by atoms with Crippen molar-refractivity contribution < 1.29 is 9.90 Å². The molecule has 21 heavy (non-hydrogen) atoms. The molecule has 0 saturated carbocycles. The number of nitrogens with zero attached hydrogens (tertiary/aromatic N) is 3. The van der Waals surface area contributed by atoms with Gasteiger partial charge in [-0.25, -0.2) is 14.5 Å². The van der Waals surface area contributed by atoms with Crippen LogP contribution in [0, 0.1) is 0 Å². The van der Waals surface area contributed by atoms with Gasteiger partial charge in [0.05, 0.1) is 11.9 Å². The Bertz CT molecular complexity index is 796. The summed E-state index contributed by atoms with van der Waals surface area (Å²) in [6.07, 6.45) is 5.01. The molecular formula is C15H12N4O2. The highest BCUT2D eigenvalue weighted by molar-refractivity contribution is 5.94. The number of aromatic carboxylic acids is 1. The number of anilines is 1. The fraction of sp³-hybridized carbons (Fsp3) is 0. The number of hydrogen-bond acceptors (Lipinski definition) is 4. The van der Waals surface area contributed by atoms with E-state index in [-0.39, 0.29) is 11.4 Å². The second-order valence-electron chi connectivity index (χ2n) is 4.47. The van der Waals surface area contributed by atoms with E-state index in [4.69, 9.17) is 10.8 Å². The first kappa shape index (κ1) is 12.9. The summed E-state index contributed by atoms with van der Waals surface area (Å²) in [5.74, 6) is -1.10. The average molecular weight is 280 g/mol. The van der Waals surface area contributed by atoms with Crippen LogP contribution in [0.4, 0.5) is 5.82 Å². The van der Waals surface area contributed by atoms with Crippen LogP contribution in [0.25, 0.3) is 16.8 Å². The van der Waals surface area contributed by atoms with E-state index in [1.807, 2.05) is 36.5 Å². The Hall–Kier alpha value is -3.15. The third-order valence-electron chi connectivity index (χ3n) is 3.09. The van der Waals surface area contributed by atoms with Gasteiger partial charge in [-0.2, -0.15) is 5.10 Å². The summed E-state index contributed by atoms with van der Waals surface area (Å²) < 4.78 is 1.71. The van der Waals surface area contributed by atoms with Gasteiger partial charge in [0.1, 0.15) is 11.4 Å². The number of carboxylic acids is 1. The highest BCUT2D eigenvalue weighted by atomic mass is 16.4. The lowest BCUT2D eigenvalue weighted by molar-refractivity contribution is 0.0697. The first-order valence-electron chi connectivity index (χ1n) is 6.24. The summed E-state index contributed by atoms with van der Waals surface area (Å²) >= 11 is 0. The number of hydrogen-bond donors (Lipinski definition) is 2. The molecule has 3 rings (SSSR count). The van der Waals surface area contributed by atoms with Crippen LogP contribution >= 0.6 is 0 Å². The van der Waals surface area contributed by atoms with Crippen LogP contribution in [0.15, 0.2) is 55.0 Å². The van der Waals surface area contributed by atoms with Crippen molar-refractivity contribution in [2.75, 3.05) is 5.73 Å². The normalized spacial score (nSPS) is 10.5. The third-order valence-corrected chi connectivity index (χ3v) is 3.09. The van der Waals surface area contributed by atoms with Gasteiger partial charge in [-0.1, -0.05) is 18.2 Å². The van der Waals surface area contributed by atoms with Crippen LogP contribution in [0.1, 0.15) is 10.4 Å². The molecule has 0 unspecified atom stereocenters. The standard InChI is InChI=1S/C15H12N4O2/c16-14-13(15(20)21)6-10(7-17-14)11-8-18-19(9-11)12-4-2-1-3-5-12/h1-9H,(H2,16,17)(H,20,21). The Labute approximate surface area is 120 Å². The van der Waals surface area contributed by atoms with Crippen LogP contribution in [0.3, 0.4) is 0 Å². The molecule has 0 bridgehead atoms. The van der Waals surface area contributed by atoms with Crippen LogP contribution in [-0.2, 0) is 0 Å². The largest absolute Gasteiger partial charge is 0.478 e. The van der Waals surface area contributed by atoms with E-state index in [0.29, 0.717) is 5.56 Å². The lowest BCUT2D eigenvalue weighted by Gasteiger charge is -2.02. The summed E-state index contributed by atoms with van der Waals surface area (Å²) in [4.78, 5) is 15.0. The van der Waals surface area contributed by atoms with Crippen molar-refractivity contribution in [2.45, 2.75) is 0 Å². The van der Waals surface area contributed by atoms with Gasteiger partial charge >= 0.3 is 5.97 Å². The first-order chi connectivity index (χ1) is 10.1. The van der Waals surface area contributed by atoms with Crippen molar-refractivity contribution in [2.24, 2.45) is 0 Å². The fourth-order valence-electron chi connectivity index (χ4n) is 2.00. The van der Waals surface area contributed by atoms with Crippen molar-refractivity contribution in [1.29, 1.82) is 0 Å². The monoisotopic (exact) mass is 280 g/mol. The van der Waals surface area contributed by atoms with Gasteiger partial charge in [0.15, 0.2) is 0 Å². The molecule has 0 aliphatic heterocycles. The SMILES string of the molecule is Nc1ncc(-c2cnn(-c3ccccc3)c2)cc1C(=O)O. The number of benzene rings is 1. The van der Waals surface area contributed by atoms with Gasteiger partial charge in [0.2, 0.25) is 0 Å². The summed E-state index contributed by atoms with van der Waals surface area (Å²) in [7, 11) is 0. The Morgan fingerprint density at radius 3 is 2.62 bits per heavy atom. The molecule has 0 atom stereocenters. The maximum Gasteiger partial charge on any atom is 0.339 e. The van der Waals surface area contributed by atoms with Gasteiger partial charge in [0.25, 0.3) is 0 Å². The summed E-state index contributed by atoms with van der Waals surface area (Å²) in [6, 6.07) is 11.1.